The van der Waals surface area contributed by atoms with E-state index in [1.807, 2.05) is 30.5 Å². The summed E-state index contributed by atoms with van der Waals surface area (Å²) in [6.07, 6.45) is 1.83. The molecular weight excluding hydrogens is 326 g/mol. The van der Waals surface area contributed by atoms with Gasteiger partial charge >= 0.3 is 0 Å². The van der Waals surface area contributed by atoms with Gasteiger partial charge in [-0.3, -0.25) is 0 Å². The number of ether oxygens (including phenoxy) is 1. The molecule has 0 fully saturated rings. The molecule has 19 heavy (non-hydrogen) atoms. The molecule has 0 amide bonds. The quantitative estimate of drug-likeness (QED) is 0.711. The summed E-state index contributed by atoms with van der Waals surface area (Å²) in [5, 5.41) is 0.560. The normalized spacial score (nSPS) is 11.4. The van der Waals surface area contributed by atoms with Crippen molar-refractivity contribution in [3.63, 3.8) is 0 Å². The molecule has 1 aromatic heterocycles. The summed E-state index contributed by atoms with van der Waals surface area (Å²) in [5.74, 6) is 1.13. The minimum Gasteiger partial charge on any atom is -0.437 e. The van der Waals surface area contributed by atoms with Crippen LogP contribution in [0.15, 0.2) is 41.0 Å². The van der Waals surface area contributed by atoms with Gasteiger partial charge in [0.25, 0.3) is 0 Å². The molecule has 4 heteroatoms. The summed E-state index contributed by atoms with van der Waals surface area (Å²) in [7, 11) is 0. The first-order valence-corrected chi connectivity index (χ1v) is 7.13. The van der Waals surface area contributed by atoms with Gasteiger partial charge in [0.2, 0.25) is 5.88 Å². The van der Waals surface area contributed by atoms with Crippen molar-refractivity contribution >= 4 is 27.5 Å². The van der Waals surface area contributed by atoms with Gasteiger partial charge in [0, 0.05) is 16.7 Å². The fraction of sp³-hybridized carbons (Fsp3) is 0.267. The minimum absolute atomic E-state index is 0.0823. The Bertz CT molecular complexity index is 576. The van der Waals surface area contributed by atoms with Crippen LogP contribution in [0.25, 0.3) is 0 Å². The predicted octanol–water partition coefficient (Wildman–Crippen LogP) is 5.59. The Morgan fingerprint density at radius 3 is 2.47 bits per heavy atom. The number of aromatic nitrogens is 1. The van der Waals surface area contributed by atoms with Gasteiger partial charge < -0.3 is 4.74 Å². The van der Waals surface area contributed by atoms with Crippen molar-refractivity contribution in [1.29, 1.82) is 0 Å². The average Bonchev–Trinajstić information content (AvgIpc) is 2.33. The van der Waals surface area contributed by atoms with Gasteiger partial charge in [-0.05, 0) is 29.2 Å². The minimum atomic E-state index is 0.0823. The molecule has 2 aromatic rings. The molecule has 1 heterocycles. The van der Waals surface area contributed by atoms with Crippen molar-refractivity contribution < 1.29 is 4.74 Å². The van der Waals surface area contributed by atoms with Crippen molar-refractivity contribution in [3.8, 4) is 11.6 Å². The van der Waals surface area contributed by atoms with Gasteiger partial charge in [-0.2, -0.15) is 0 Å². The number of nitrogens with zero attached hydrogens (tertiary/aromatic N) is 1. The molecule has 0 aliphatic heterocycles. The van der Waals surface area contributed by atoms with Crippen LogP contribution >= 0.6 is 27.5 Å². The number of rotatable bonds is 2. The van der Waals surface area contributed by atoms with E-state index in [1.165, 1.54) is 5.56 Å². The summed E-state index contributed by atoms with van der Waals surface area (Å²) in [4.78, 5) is 4.32. The molecule has 1 aromatic carbocycles. The average molecular weight is 341 g/mol. The lowest BCUT2D eigenvalue weighted by Crippen LogP contribution is -2.11. The second kappa shape index (κ2) is 5.51. The van der Waals surface area contributed by atoms with Crippen molar-refractivity contribution in [2.75, 3.05) is 0 Å². The van der Waals surface area contributed by atoms with E-state index in [2.05, 4.69) is 41.7 Å². The van der Waals surface area contributed by atoms with Crippen molar-refractivity contribution in [2.24, 2.45) is 0 Å². The molecule has 0 atom stereocenters. The number of pyridine rings is 1. The largest absolute Gasteiger partial charge is 0.437 e. The molecule has 0 N–H and O–H groups in total. The predicted molar refractivity (Wildman–Crippen MR) is 82.2 cm³/mol. The van der Waals surface area contributed by atoms with Crippen LogP contribution in [0.4, 0.5) is 0 Å². The monoisotopic (exact) mass is 339 g/mol. The highest BCUT2D eigenvalue weighted by atomic mass is 79.9. The SMILES string of the molecule is CC(C)(C)c1ccc(Oc2cc(Br)ccc2Cl)nc1. The molecule has 100 valence electrons. The number of benzene rings is 1. The number of halogens is 2. The number of hydrogen-bond acceptors (Lipinski definition) is 2. The van der Waals surface area contributed by atoms with E-state index in [9.17, 15) is 0 Å². The van der Waals surface area contributed by atoms with Gasteiger partial charge in [0.05, 0.1) is 5.02 Å². The van der Waals surface area contributed by atoms with Crippen LogP contribution in [0.5, 0.6) is 11.6 Å². The van der Waals surface area contributed by atoms with Crippen LogP contribution in [0.3, 0.4) is 0 Å². The second-order valence-electron chi connectivity index (χ2n) is 5.31. The van der Waals surface area contributed by atoms with E-state index in [0.29, 0.717) is 16.7 Å². The molecule has 0 spiro atoms. The lowest BCUT2D eigenvalue weighted by atomic mass is 9.88. The molecule has 0 aliphatic carbocycles. The third-order valence-electron chi connectivity index (χ3n) is 2.71. The van der Waals surface area contributed by atoms with Crippen molar-refractivity contribution in [3.05, 3.63) is 51.6 Å². The highest BCUT2D eigenvalue weighted by molar-refractivity contribution is 9.10. The lowest BCUT2D eigenvalue weighted by molar-refractivity contribution is 0.460. The van der Waals surface area contributed by atoms with Crippen molar-refractivity contribution in [1.82, 2.24) is 4.98 Å². The van der Waals surface area contributed by atoms with Gasteiger partial charge in [-0.1, -0.05) is 54.4 Å². The third-order valence-corrected chi connectivity index (χ3v) is 3.52. The van der Waals surface area contributed by atoms with Crippen LogP contribution in [0.1, 0.15) is 26.3 Å². The van der Waals surface area contributed by atoms with E-state index in [-0.39, 0.29) is 5.41 Å². The zero-order valence-electron chi connectivity index (χ0n) is 11.1. The van der Waals surface area contributed by atoms with Crippen LogP contribution in [-0.2, 0) is 5.41 Å². The molecule has 0 aliphatic rings. The van der Waals surface area contributed by atoms with E-state index >= 15 is 0 Å². The Balaban J connectivity index is 2.22. The molecule has 0 unspecified atom stereocenters. The maximum atomic E-state index is 6.08. The first kappa shape index (κ1) is 14.4. The molecular formula is C15H15BrClNO. The van der Waals surface area contributed by atoms with Gasteiger partial charge in [0.1, 0.15) is 5.75 Å². The second-order valence-corrected chi connectivity index (χ2v) is 6.63. The van der Waals surface area contributed by atoms with E-state index in [1.54, 1.807) is 6.07 Å². The standard InChI is InChI=1S/C15H15BrClNO/c1-15(2,3)10-4-7-14(18-9-10)19-13-8-11(16)5-6-12(13)17/h4-9H,1-3H3. The van der Waals surface area contributed by atoms with Crippen LogP contribution < -0.4 is 4.74 Å². The Kier molecular flexibility index (Phi) is 4.16. The van der Waals surface area contributed by atoms with E-state index in [0.717, 1.165) is 4.47 Å². The van der Waals surface area contributed by atoms with Gasteiger partial charge in [-0.15, -0.1) is 0 Å². The maximum Gasteiger partial charge on any atom is 0.219 e. The maximum absolute atomic E-state index is 6.08. The van der Waals surface area contributed by atoms with Gasteiger partial charge in [0.15, 0.2) is 0 Å². The summed E-state index contributed by atoms with van der Waals surface area (Å²) in [6.45, 7) is 6.45. The molecule has 0 saturated heterocycles. The Hall–Kier alpha value is -1.06. The summed E-state index contributed by atoms with van der Waals surface area (Å²) in [6, 6.07) is 9.35. The molecule has 0 radical (unpaired) electrons. The van der Waals surface area contributed by atoms with Crippen molar-refractivity contribution in [2.45, 2.75) is 26.2 Å². The molecule has 2 nitrogen and oxygen atoms in total. The Morgan fingerprint density at radius 2 is 1.89 bits per heavy atom. The first-order valence-electron chi connectivity index (χ1n) is 5.96. The fourth-order valence-electron chi connectivity index (χ4n) is 1.55. The zero-order chi connectivity index (χ0) is 14.0. The summed E-state index contributed by atoms with van der Waals surface area (Å²) < 4.78 is 6.60. The smallest absolute Gasteiger partial charge is 0.219 e. The molecule has 0 saturated carbocycles. The van der Waals surface area contributed by atoms with E-state index in [4.69, 9.17) is 16.3 Å². The topological polar surface area (TPSA) is 22.1 Å². The molecule has 2 rings (SSSR count). The lowest BCUT2D eigenvalue weighted by Gasteiger charge is -2.18. The van der Waals surface area contributed by atoms with Crippen LogP contribution in [0, 0.1) is 0 Å². The summed E-state index contributed by atoms with van der Waals surface area (Å²) >= 11 is 9.46. The van der Waals surface area contributed by atoms with Crippen LogP contribution in [-0.4, -0.2) is 4.98 Å². The Labute approximate surface area is 126 Å². The fourth-order valence-corrected chi connectivity index (χ4v) is 2.05. The zero-order valence-corrected chi connectivity index (χ0v) is 13.4. The highest BCUT2D eigenvalue weighted by Gasteiger charge is 2.14. The Morgan fingerprint density at radius 1 is 1.16 bits per heavy atom. The summed E-state index contributed by atoms with van der Waals surface area (Å²) in [5.41, 5.74) is 1.25. The number of hydrogen-bond donors (Lipinski definition) is 0. The highest BCUT2D eigenvalue weighted by Crippen LogP contribution is 2.31. The van der Waals surface area contributed by atoms with Crippen LogP contribution in [0.2, 0.25) is 5.02 Å². The van der Waals surface area contributed by atoms with E-state index < -0.39 is 0 Å². The van der Waals surface area contributed by atoms with Gasteiger partial charge in [-0.25, -0.2) is 4.98 Å². The molecule has 0 bridgehead atoms. The third kappa shape index (κ3) is 3.71. The first-order chi connectivity index (χ1) is 8.86.